The van der Waals surface area contributed by atoms with Crippen LogP contribution in [0, 0.1) is 23.1 Å². The van der Waals surface area contributed by atoms with E-state index in [1.54, 1.807) is 6.07 Å². The first-order valence-corrected chi connectivity index (χ1v) is 21.4. The zero-order chi connectivity index (χ0) is 38.3. The molecule has 4 aliphatic rings. The van der Waals surface area contributed by atoms with Gasteiger partial charge < -0.3 is 24.6 Å². The maximum atomic E-state index is 17.4. The van der Waals surface area contributed by atoms with Gasteiger partial charge in [-0.1, -0.05) is 53.5 Å². The summed E-state index contributed by atoms with van der Waals surface area (Å²) in [5.41, 5.74) is 3.95. The van der Waals surface area contributed by atoms with Gasteiger partial charge in [-0.15, -0.1) is 5.54 Å². The van der Waals surface area contributed by atoms with E-state index in [0.717, 1.165) is 19.4 Å². The number of anilines is 1. The van der Waals surface area contributed by atoms with E-state index in [-0.39, 0.29) is 71.2 Å². The van der Waals surface area contributed by atoms with Crippen molar-refractivity contribution in [3.05, 3.63) is 41.5 Å². The first-order valence-electron chi connectivity index (χ1n) is 19.2. The molecule has 4 aromatic rings. The van der Waals surface area contributed by atoms with Crippen LogP contribution in [0.15, 0.2) is 24.3 Å². The van der Waals surface area contributed by atoms with Crippen molar-refractivity contribution >= 4 is 35.6 Å². The summed E-state index contributed by atoms with van der Waals surface area (Å²) < 4.78 is 60.6. The highest BCUT2D eigenvalue weighted by molar-refractivity contribution is 6.90. The average Bonchev–Trinajstić information content (AvgIpc) is 3.75. The van der Waals surface area contributed by atoms with Gasteiger partial charge >= 0.3 is 6.01 Å². The van der Waals surface area contributed by atoms with Gasteiger partial charge in [-0.05, 0) is 66.0 Å². The molecule has 4 aliphatic heterocycles. The number of aromatic hydroxyl groups is 1. The van der Waals surface area contributed by atoms with Crippen molar-refractivity contribution < 1.29 is 32.9 Å². The number of hydrogen-bond donors (Lipinski definition) is 2. The summed E-state index contributed by atoms with van der Waals surface area (Å²) in [6, 6.07) is 5.40. The van der Waals surface area contributed by atoms with Crippen LogP contribution in [0.2, 0.25) is 16.6 Å². The molecule has 2 aromatic carbocycles. The number of benzene rings is 2. The van der Waals surface area contributed by atoms with Gasteiger partial charge in [0.2, 0.25) is 5.88 Å². The topological polar surface area (TPSA) is 104 Å². The van der Waals surface area contributed by atoms with E-state index < -0.39 is 37.5 Å². The molecular weight excluding hydrogens is 712 g/mol. The molecule has 2 aromatic heterocycles. The fourth-order valence-electron chi connectivity index (χ4n) is 10.1. The van der Waals surface area contributed by atoms with Crippen LogP contribution in [0.5, 0.6) is 17.6 Å². The van der Waals surface area contributed by atoms with Gasteiger partial charge in [0.1, 0.15) is 61.4 Å². The maximum Gasteiger partial charge on any atom is 0.319 e. The smallest absolute Gasteiger partial charge is 0.319 e. The Bertz CT molecular complexity index is 2190. The van der Waals surface area contributed by atoms with Crippen LogP contribution in [0.3, 0.4) is 0 Å². The number of aliphatic hydroxyl groups excluding tert-OH is 1. The summed E-state index contributed by atoms with van der Waals surface area (Å²) >= 11 is 0. The van der Waals surface area contributed by atoms with Crippen molar-refractivity contribution in [2.45, 2.75) is 108 Å². The van der Waals surface area contributed by atoms with Gasteiger partial charge in [-0.3, -0.25) is 4.90 Å². The van der Waals surface area contributed by atoms with Crippen LogP contribution in [0.4, 0.5) is 19.0 Å². The van der Waals surface area contributed by atoms with E-state index in [9.17, 15) is 14.6 Å². The second-order valence-corrected chi connectivity index (χ2v) is 22.2. The van der Waals surface area contributed by atoms with Crippen LogP contribution in [-0.2, 0) is 0 Å². The molecule has 3 fully saturated rings. The Labute approximate surface area is 314 Å². The fourth-order valence-corrected chi connectivity index (χ4v) is 15.3. The minimum Gasteiger partial charge on any atom is -0.508 e. The lowest BCUT2D eigenvalue weighted by Gasteiger charge is -2.38. The number of halogens is 3. The van der Waals surface area contributed by atoms with E-state index in [2.05, 4.69) is 62.9 Å². The number of phenolic OH excluding ortho intramolecular Hbond substituents is 1. The number of aliphatic hydroxyl groups is 1. The van der Waals surface area contributed by atoms with Crippen molar-refractivity contribution in [3.63, 3.8) is 0 Å². The van der Waals surface area contributed by atoms with Crippen molar-refractivity contribution in [1.82, 2.24) is 19.9 Å². The highest BCUT2D eigenvalue weighted by atomic mass is 28.3. The Morgan fingerprint density at radius 2 is 1.80 bits per heavy atom. The summed E-state index contributed by atoms with van der Waals surface area (Å²) in [6.45, 7) is 14.8. The summed E-state index contributed by atoms with van der Waals surface area (Å²) in [5, 5.41) is 22.6. The third-order valence-electron chi connectivity index (χ3n) is 12.6. The number of rotatable bonds is 7. The molecule has 0 amide bonds. The molecule has 9 nitrogen and oxygen atoms in total. The molecule has 2 N–H and O–H groups in total. The normalized spacial score (nSPS) is 23.9. The molecule has 3 saturated heterocycles. The quantitative estimate of drug-likeness (QED) is 0.145. The Morgan fingerprint density at radius 3 is 2.54 bits per heavy atom. The molecule has 13 heteroatoms. The minimum atomic E-state index is -2.31. The minimum absolute atomic E-state index is 0.0786. The van der Waals surface area contributed by atoms with E-state index in [0.29, 0.717) is 52.6 Å². The second-order valence-electron chi connectivity index (χ2n) is 16.7. The largest absolute Gasteiger partial charge is 0.508 e. The summed E-state index contributed by atoms with van der Waals surface area (Å²) in [7, 11) is -2.31. The molecule has 54 heavy (non-hydrogen) atoms. The number of pyridine rings is 1. The first kappa shape index (κ1) is 36.8. The lowest BCUT2D eigenvalue weighted by Crippen LogP contribution is -2.43. The average molecular weight is 760 g/mol. The summed E-state index contributed by atoms with van der Waals surface area (Å²) in [5.74, 6) is 2.12. The van der Waals surface area contributed by atoms with E-state index in [4.69, 9.17) is 19.4 Å². The molecule has 0 bridgehead atoms. The van der Waals surface area contributed by atoms with Gasteiger partial charge in [0.25, 0.3) is 0 Å². The molecule has 0 aliphatic carbocycles. The molecule has 1 unspecified atom stereocenters. The zero-order valence-corrected chi connectivity index (χ0v) is 32.7. The Balaban J connectivity index is 1.33. The Hall–Kier alpha value is -4.12. The van der Waals surface area contributed by atoms with Crippen LogP contribution >= 0.6 is 0 Å². The van der Waals surface area contributed by atoms with Gasteiger partial charge in [0, 0.05) is 30.5 Å². The SMILES string of the molecule is CC(C)[Si](C#Cc1c(F)ccc2cc(O)cc(-c3nc4c5c(nc(OC[C@@]67CCCN6C[C@H](F)C7)nc5c3F)N3CC(O)C[C@H]3CO4)c12)(C(C)C)C(C)C. The number of phenols is 1. The van der Waals surface area contributed by atoms with Crippen molar-refractivity contribution in [2.24, 2.45) is 0 Å². The van der Waals surface area contributed by atoms with Gasteiger partial charge in [0.15, 0.2) is 5.82 Å². The number of aromatic nitrogens is 3. The van der Waals surface area contributed by atoms with Crippen LogP contribution in [0.25, 0.3) is 32.9 Å². The number of ether oxygens (including phenoxy) is 2. The summed E-state index contributed by atoms with van der Waals surface area (Å²) in [4.78, 5) is 18.1. The third-order valence-corrected chi connectivity index (χ3v) is 18.9. The molecule has 0 spiro atoms. The highest BCUT2D eigenvalue weighted by Crippen LogP contribution is 2.46. The van der Waals surface area contributed by atoms with Crippen molar-refractivity contribution in [3.8, 4) is 40.4 Å². The molecule has 6 heterocycles. The Morgan fingerprint density at radius 1 is 1.04 bits per heavy atom. The monoisotopic (exact) mass is 759 g/mol. The van der Waals surface area contributed by atoms with Crippen LogP contribution in [-0.4, -0.2) is 94.8 Å². The van der Waals surface area contributed by atoms with E-state index >= 15 is 8.78 Å². The summed E-state index contributed by atoms with van der Waals surface area (Å²) in [6.07, 6.45) is 0.858. The number of nitrogens with zero attached hydrogens (tertiary/aromatic N) is 5. The van der Waals surface area contributed by atoms with Gasteiger partial charge in [-0.2, -0.15) is 9.97 Å². The lowest BCUT2D eigenvalue weighted by atomic mass is 9.95. The van der Waals surface area contributed by atoms with Crippen molar-refractivity contribution in [1.29, 1.82) is 0 Å². The Kier molecular flexibility index (Phi) is 9.25. The molecule has 8 rings (SSSR count). The van der Waals surface area contributed by atoms with Crippen LogP contribution in [0.1, 0.15) is 72.8 Å². The zero-order valence-electron chi connectivity index (χ0n) is 31.7. The number of fused-ring (bicyclic) bond motifs is 4. The molecular formula is C41H48F3N5O4Si. The predicted octanol–water partition coefficient (Wildman–Crippen LogP) is 7.69. The lowest BCUT2D eigenvalue weighted by molar-refractivity contribution is 0.107. The fraction of sp³-hybridized carbons (Fsp3) is 0.537. The molecule has 0 saturated carbocycles. The van der Waals surface area contributed by atoms with E-state index in [1.807, 2.05) is 4.90 Å². The molecule has 286 valence electrons. The second kappa shape index (κ2) is 13.6. The third kappa shape index (κ3) is 5.87. The first-order chi connectivity index (χ1) is 25.7. The van der Waals surface area contributed by atoms with Gasteiger partial charge in [0.05, 0.1) is 23.2 Å². The number of hydrogen-bond acceptors (Lipinski definition) is 9. The van der Waals surface area contributed by atoms with E-state index in [1.165, 1.54) is 18.2 Å². The number of alkyl halides is 1. The van der Waals surface area contributed by atoms with Crippen LogP contribution < -0.4 is 14.4 Å². The van der Waals surface area contributed by atoms with Gasteiger partial charge in [-0.25, -0.2) is 18.2 Å². The predicted molar refractivity (Wildman–Crippen MR) is 206 cm³/mol. The maximum absolute atomic E-state index is 17.4. The van der Waals surface area contributed by atoms with Crippen molar-refractivity contribution in [2.75, 3.05) is 37.7 Å². The highest BCUT2D eigenvalue weighted by Gasteiger charge is 2.50. The molecule has 4 atom stereocenters. The molecule has 0 radical (unpaired) electrons. The standard InChI is InChI=1S/C41H48F3N5O4Si/c1-22(2)54(23(3)4,24(5)6)13-10-30-32(43)9-8-25-14-28(50)16-31(33(25)30)36-35(44)37-34-38(49-19-29(51)15-27(49)20-52-39(34)45-36)47-40(46-37)53-21-41-11-7-12-48(41)18-26(42)17-41/h8-9,14,16,22-24,26-27,29,50-51H,7,11-12,15,17-21H2,1-6H3/t26-,27+,29?,41+/m1/s1.